The average Bonchev–Trinajstić information content (AvgIpc) is 2.67. The first-order valence-electron chi connectivity index (χ1n) is 8.39. The van der Waals surface area contributed by atoms with Gasteiger partial charge in [0.2, 0.25) is 5.91 Å². The Balaban J connectivity index is 1.61. The maximum absolute atomic E-state index is 12.4. The maximum atomic E-state index is 12.4. The Bertz CT molecular complexity index is 1010. The van der Waals surface area contributed by atoms with Crippen LogP contribution in [-0.4, -0.2) is 17.5 Å². The van der Waals surface area contributed by atoms with Crippen molar-refractivity contribution in [2.45, 2.75) is 13.3 Å². The molecule has 27 heavy (non-hydrogen) atoms. The molecule has 0 heterocycles. The minimum absolute atomic E-state index is 0.0679. The fraction of sp³-hybridized carbons (Fsp3) is 0.0952. The lowest BCUT2D eigenvalue weighted by molar-refractivity contribution is -0.115. The molecule has 136 valence electrons. The van der Waals surface area contributed by atoms with Crippen LogP contribution in [0.1, 0.15) is 23.7 Å². The minimum atomic E-state index is -0.316. The van der Waals surface area contributed by atoms with Gasteiger partial charge in [-0.1, -0.05) is 48.0 Å². The molecule has 0 saturated carbocycles. The van der Waals surface area contributed by atoms with Crippen molar-refractivity contribution in [2.75, 3.05) is 5.32 Å². The Hall–Kier alpha value is -3.18. The molecule has 0 spiro atoms. The average molecular weight is 380 g/mol. The van der Waals surface area contributed by atoms with Gasteiger partial charge in [-0.3, -0.25) is 9.59 Å². The number of amides is 2. The zero-order chi connectivity index (χ0) is 19.2. The molecule has 0 atom stereocenters. The summed E-state index contributed by atoms with van der Waals surface area (Å²) < 4.78 is 0. The number of anilines is 1. The van der Waals surface area contributed by atoms with Gasteiger partial charge < -0.3 is 5.32 Å². The molecule has 0 aliphatic heterocycles. The standard InChI is InChI=1S/C21H18ClN3O2/c1-14(13-20(26)23-17-11-9-16(22)10-12-17)24-25-21(27)19-8-4-6-15-5-2-3-7-18(15)19/h2-12H,13H2,1H3,(H,23,26)(H,25,27). The molecule has 3 rings (SSSR count). The normalized spacial score (nSPS) is 11.3. The van der Waals surface area contributed by atoms with Gasteiger partial charge in [-0.05, 0) is 48.0 Å². The van der Waals surface area contributed by atoms with Crippen LogP contribution in [0.15, 0.2) is 71.8 Å². The molecular weight excluding hydrogens is 362 g/mol. The van der Waals surface area contributed by atoms with Crippen molar-refractivity contribution in [3.05, 3.63) is 77.3 Å². The summed E-state index contributed by atoms with van der Waals surface area (Å²) in [6.07, 6.45) is 0.0679. The van der Waals surface area contributed by atoms with Crippen LogP contribution in [-0.2, 0) is 4.79 Å². The first-order valence-corrected chi connectivity index (χ1v) is 8.77. The quantitative estimate of drug-likeness (QED) is 0.501. The van der Waals surface area contributed by atoms with Gasteiger partial charge >= 0.3 is 0 Å². The summed E-state index contributed by atoms with van der Waals surface area (Å²) in [5, 5.41) is 9.22. The van der Waals surface area contributed by atoms with Crippen molar-refractivity contribution < 1.29 is 9.59 Å². The summed E-state index contributed by atoms with van der Waals surface area (Å²) in [6, 6.07) is 20.0. The molecule has 6 heteroatoms. The van der Waals surface area contributed by atoms with Gasteiger partial charge in [0.25, 0.3) is 5.91 Å². The second kappa shape index (κ2) is 8.47. The van der Waals surface area contributed by atoms with Gasteiger partial charge in [-0.2, -0.15) is 5.10 Å². The molecule has 2 N–H and O–H groups in total. The lowest BCUT2D eigenvalue weighted by Gasteiger charge is -2.07. The summed E-state index contributed by atoms with van der Waals surface area (Å²) in [4.78, 5) is 24.5. The lowest BCUT2D eigenvalue weighted by atomic mass is 10.0. The SMILES string of the molecule is CC(CC(=O)Nc1ccc(Cl)cc1)=NNC(=O)c1cccc2ccccc12. The predicted molar refractivity (Wildman–Crippen MR) is 109 cm³/mol. The summed E-state index contributed by atoms with van der Waals surface area (Å²) >= 11 is 5.82. The first kappa shape index (κ1) is 18.6. The molecule has 5 nitrogen and oxygen atoms in total. The second-order valence-electron chi connectivity index (χ2n) is 6.05. The molecule has 0 unspecified atom stereocenters. The van der Waals surface area contributed by atoms with E-state index in [0.717, 1.165) is 10.8 Å². The molecule has 0 aliphatic carbocycles. The van der Waals surface area contributed by atoms with Gasteiger partial charge in [0, 0.05) is 22.0 Å². The Morgan fingerprint density at radius 2 is 1.67 bits per heavy atom. The number of halogens is 1. The van der Waals surface area contributed by atoms with Crippen molar-refractivity contribution in [3.8, 4) is 0 Å². The Morgan fingerprint density at radius 1 is 0.963 bits per heavy atom. The van der Waals surface area contributed by atoms with Crippen LogP contribution in [0.5, 0.6) is 0 Å². The number of hydrazone groups is 1. The molecule has 3 aromatic carbocycles. The van der Waals surface area contributed by atoms with Crippen LogP contribution in [0.3, 0.4) is 0 Å². The summed E-state index contributed by atoms with van der Waals surface area (Å²) in [5.41, 5.74) is 4.20. The third-order valence-electron chi connectivity index (χ3n) is 3.93. The van der Waals surface area contributed by atoms with E-state index < -0.39 is 0 Å². The summed E-state index contributed by atoms with van der Waals surface area (Å²) in [6.45, 7) is 1.69. The molecule has 0 saturated heterocycles. The number of carbonyl (C=O) groups is 2. The highest BCUT2D eigenvalue weighted by Crippen LogP contribution is 2.18. The number of nitrogens with one attached hydrogen (secondary N) is 2. The number of hydrogen-bond acceptors (Lipinski definition) is 3. The van der Waals surface area contributed by atoms with Gasteiger partial charge in [-0.15, -0.1) is 0 Å². The van der Waals surface area contributed by atoms with E-state index in [1.165, 1.54) is 0 Å². The Labute approximate surface area is 162 Å². The van der Waals surface area contributed by atoms with E-state index >= 15 is 0 Å². The number of benzene rings is 3. The van der Waals surface area contributed by atoms with Crippen LogP contribution >= 0.6 is 11.6 Å². The van der Waals surface area contributed by atoms with Gasteiger partial charge in [0.05, 0.1) is 6.42 Å². The van der Waals surface area contributed by atoms with E-state index in [2.05, 4.69) is 15.8 Å². The van der Waals surface area contributed by atoms with Crippen molar-refractivity contribution >= 4 is 45.6 Å². The van der Waals surface area contributed by atoms with Crippen molar-refractivity contribution in [3.63, 3.8) is 0 Å². The smallest absolute Gasteiger partial charge is 0.271 e. The maximum Gasteiger partial charge on any atom is 0.271 e. The fourth-order valence-corrected chi connectivity index (χ4v) is 2.77. The largest absolute Gasteiger partial charge is 0.326 e. The molecule has 2 amide bonds. The van der Waals surface area contributed by atoms with E-state index in [4.69, 9.17) is 11.6 Å². The topological polar surface area (TPSA) is 70.6 Å². The van der Waals surface area contributed by atoms with Crippen LogP contribution in [0.2, 0.25) is 5.02 Å². The number of nitrogens with zero attached hydrogens (tertiary/aromatic N) is 1. The Kier molecular flexibility index (Phi) is 5.84. The third-order valence-corrected chi connectivity index (χ3v) is 4.18. The molecular formula is C21H18ClN3O2. The number of fused-ring (bicyclic) bond motifs is 1. The highest BCUT2D eigenvalue weighted by atomic mass is 35.5. The molecule has 0 radical (unpaired) electrons. The Morgan fingerprint density at radius 3 is 2.44 bits per heavy atom. The minimum Gasteiger partial charge on any atom is -0.326 e. The predicted octanol–water partition coefficient (Wildman–Crippen LogP) is 4.63. The highest BCUT2D eigenvalue weighted by molar-refractivity contribution is 6.30. The molecule has 0 aliphatic rings. The van der Waals surface area contributed by atoms with E-state index in [-0.39, 0.29) is 18.2 Å². The molecule has 0 fully saturated rings. The van der Waals surface area contributed by atoms with Crippen LogP contribution in [0.25, 0.3) is 10.8 Å². The fourth-order valence-electron chi connectivity index (χ4n) is 2.64. The molecule has 3 aromatic rings. The lowest BCUT2D eigenvalue weighted by Crippen LogP contribution is -2.21. The van der Waals surface area contributed by atoms with Crippen molar-refractivity contribution in [1.29, 1.82) is 0 Å². The molecule has 0 bridgehead atoms. The zero-order valence-electron chi connectivity index (χ0n) is 14.7. The van der Waals surface area contributed by atoms with Crippen LogP contribution < -0.4 is 10.7 Å². The van der Waals surface area contributed by atoms with E-state index in [0.29, 0.717) is 22.0 Å². The van der Waals surface area contributed by atoms with Crippen molar-refractivity contribution in [2.24, 2.45) is 5.10 Å². The van der Waals surface area contributed by atoms with Gasteiger partial charge in [0.15, 0.2) is 0 Å². The van der Waals surface area contributed by atoms with E-state index in [9.17, 15) is 9.59 Å². The number of carbonyl (C=O) groups excluding carboxylic acids is 2. The van der Waals surface area contributed by atoms with Gasteiger partial charge in [-0.25, -0.2) is 5.43 Å². The van der Waals surface area contributed by atoms with Gasteiger partial charge in [0.1, 0.15) is 0 Å². The highest BCUT2D eigenvalue weighted by Gasteiger charge is 2.10. The number of rotatable bonds is 5. The van der Waals surface area contributed by atoms with E-state index in [1.54, 1.807) is 37.3 Å². The van der Waals surface area contributed by atoms with Crippen LogP contribution in [0.4, 0.5) is 5.69 Å². The van der Waals surface area contributed by atoms with Crippen molar-refractivity contribution in [1.82, 2.24) is 5.43 Å². The summed E-state index contributed by atoms with van der Waals surface area (Å²) in [5.74, 6) is -0.540. The van der Waals surface area contributed by atoms with Crippen LogP contribution in [0, 0.1) is 0 Å². The monoisotopic (exact) mass is 379 g/mol. The number of hydrogen-bond donors (Lipinski definition) is 2. The second-order valence-corrected chi connectivity index (χ2v) is 6.48. The van der Waals surface area contributed by atoms with E-state index in [1.807, 2.05) is 36.4 Å². The summed E-state index contributed by atoms with van der Waals surface area (Å²) in [7, 11) is 0. The molecule has 0 aromatic heterocycles. The third kappa shape index (κ3) is 4.92. The zero-order valence-corrected chi connectivity index (χ0v) is 15.5. The first-order chi connectivity index (χ1) is 13.0.